The summed E-state index contributed by atoms with van der Waals surface area (Å²) in [7, 11) is 0. The molecule has 1 heteroatoms. The molecule has 0 unspecified atom stereocenters. The third kappa shape index (κ3) is 2.76. The van der Waals surface area contributed by atoms with Gasteiger partial charge in [0.15, 0.2) is 0 Å². The van der Waals surface area contributed by atoms with Crippen LogP contribution >= 0.6 is 0 Å². The Balaban J connectivity index is 1.37. The van der Waals surface area contributed by atoms with Gasteiger partial charge in [-0.25, -0.2) is 0 Å². The van der Waals surface area contributed by atoms with E-state index >= 15 is 0 Å². The van der Waals surface area contributed by atoms with E-state index in [0.717, 1.165) is 17.1 Å². The normalized spacial score (nSPS) is 12.2. The van der Waals surface area contributed by atoms with Crippen molar-refractivity contribution in [2.45, 2.75) is 0 Å². The first kappa shape index (κ1) is 18.8. The smallest absolute Gasteiger partial charge is 0.136 e. The molecule has 7 aromatic rings. The van der Waals surface area contributed by atoms with Gasteiger partial charge in [-0.05, 0) is 90.8 Å². The molecule has 0 aliphatic carbocycles. The van der Waals surface area contributed by atoms with E-state index in [1.54, 1.807) is 0 Å². The molecule has 1 heterocycles. The van der Waals surface area contributed by atoms with Gasteiger partial charge in [-0.15, -0.1) is 0 Å². The second-order valence-corrected chi connectivity index (χ2v) is 9.40. The van der Waals surface area contributed by atoms with Crippen LogP contribution in [0.2, 0.25) is 0 Å². The van der Waals surface area contributed by atoms with Crippen molar-refractivity contribution in [2.24, 2.45) is 0 Å². The van der Waals surface area contributed by atoms with Crippen molar-refractivity contribution in [1.29, 1.82) is 0 Å². The molecule has 0 bridgehead atoms. The van der Waals surface area contributed by atoms with Gasteiger partial charge in [-0.3, -0.25) is 0 Å². The van der Waals surface area contributed by atoms with E-state index in [1.165, 1.54) is 59.8 Å². The maximum absolute atomic E-state index is 6.42. The zero-order chi connectivity index (χ0) is 22.9. The molecule has 7 aromatic carbocycles. The lowest BCUT2D eigenvalue weighted by molar-refractivity contribution is 0.487. The topological polar surface area (TPSA) is 9.23 Å². The molecule has 0 spiro atoms. The molecule has 0 amide bonds. The Hall–Kier alpha value is -4.62. The molecule has 0 N–H and O–H groups in total. The fraction of sp³-hybridized carbons (Fsp3) is 0. The largest absolute Gasteiger partial charge is 0.456 e. The van der Waals surface area contributed by atoms with Gasteiger partial charge in [0.25, 0.3) is 0 Å². The highest BCUT2D eigenvalue weighted by Crippen LogP contribution is 2.48. The third-order valence-corrected chi connectivity index (χ3v) is 7.37. The summed E-state index contributed by atoms with van der Waals surface area (Å²) >= 11 is 0. The van der Waals surface area contributed by atoms with Crippen LogP contribution in [-0.2, 0) is 0 Å². The zero-order valence-corrected chi connectivity index (χ0v) is 19.0. The predicted molar refractivity (Wildman–Crippen MR) is 147 cm³/mol. The lowest BCUT2D eigenvalue weighted by Gasteiger charge is -2.22. The molecule has 1 aliphatic heterocycles. The van der Waals surface area contributed by atoms with Gasteiger partial charge in [0.2, 0.25) is 0 Å². The molecule has 0 atom stereocenters. The van der Waals surface area contributed by atoms with Crippen molar-refractivity contribution in [3.63, 3.8) is 0 Å². The molecule has 0 fully saturated rings. The van der Waals surface area contributed by atoms with Crippen LogP contribution in [0.15, 0.2) is 121 Å². The average molecular weight is 445 g/mol. The summed E-state index contributed by atoms with van der Waals surface area (Å²) in [5.41, 5.74) is 4.76. The second kappa shape index (κ2) is 6.94. The summed E-state index contributed by atoms with van der Waals surface area (Å²) in [5.74, 6) is 1.84. The summed E-state index contributed by atoms with van der Waals surface area (Å²) in [6, 6.07) is 43.8. The van der Waals surface area contributed by atoms with Crippen LogP contribution in [0.1, 0.15) is 0 Å². The molecule has 8 rings (SSSR count). The lowest BCUT2D eigenvalue weighted by Crippen LogP contribution is -1.97. The lowest BCUT2D eigenvalue weighted by atomic mass is 9.91. The van der Waals surface area contributed by atoms with Crippen LogP contribution in [0.5, 0.6) is 11.5 Å². The molecule has 162 valence electrons. The number of hydrogen-bond donors (Lipinski definition) is 0. The molecular formula is C34H20O. The highest BCUT2D eigenvalue weighted by molar-refractivity contribution is 6.13. The SMILES string of the molecule is c1ccc2c(c1)Oc1cc(-c3ccc4ccc5cc6ccccc6cc5c4c3)cc3cccc-2c13. The Kier molecular flexibility index (Phi) is 3.72. The summed E-state index contributed by atoms with van der Waals surface area (Å²) in [6.07, 6.45) is 0. The molecule has 35 heavy (non-hydrogen) atoms. The minimum atomic E-state index is 0.918. The van der Waals surface area contributed by atoms with E-state index < -0.39 is 0 Å². The number of fused-ring (bicyclic) bond motifs is 6. The van der Waals surface area contributed by atoms with Gasteiger partial charge >= 0.3 is 0 Å². The van der Waals surface area contributed by atoms with Crippen molar-refractivity contribution in [1.82, 2.24) is 0 Å². The molecule has 0 saturated heterocycles. The van der Waals surface area contributed by atoms with Crippen molar-refractivity contribution in [3.05, 3.63) is 121 Å². The van der Waals surface area contributed by atoms with Gasteiger partial charge in [0.1, 0.15) is 11.5 Å². The van der Waals surface area contributed by atoms with Crippen LogP contribution in [0, 0.1) is 0 Å². The maximum atomic E-state index is 6.42. The Bertz CT molecular complexity index is 1980. The number of hydrogen-bond acceptors (Lipinski definition) is 1. The summed E-state index contributed by atoms with van der Waals surface area (Å²) in [5, 5.41) is 10.0. The van der Waals surface area contributed by atoms with Gasteiger partial charge in [-0.2, -0.15) is 0 Å². The number of rotatable bonds is 1. The fourth-order valence-electron chi connectivity index (χ4n) is 5.68. The van der Waals surface area contributed by atoms with Crippen LogP contribution in [0.25, 0.3) is 65.3 Å². The zero-order valence-electron chi connectivity index (χ0n) is 19.0. The van der Waals surface area contributed by atoms with Crippen LogP contribution < -0.4 is 4.74 Å². The van der Waals surface area contributed by atoms with Crippen molar-refractivity contribution in [2.75, 3.05) is 0 Å². The monoisotopic (exact) mass is 444 g/mol. The minimum Gasteiger partial charge on any atom is -0.456 e. The number of para-hydroxylation sites is 1. The van der Waals surface area contributed by atoms with Crippen molar-refractivity contribution in [3.8, 4) is 33.8 Å². The van der Waals surface area contributed by atoms with E-state index in [2.05, 4.69) is 115 Å². The molecule has 1 nitrogen and oxygen atoms in total. The fourth-order valence-corrected chi connectivity index (χ4v) is 5.68. The van der Waals surface area contributed by atoms with E-state index in [-0.39, 0.29) is 0 Å². The van der Waals surface area contributed by atoms with Crippen molar-refractivity contribution >= 4 is 43.1 Å². The molecule has 0 saturated carbocycles. The minimum absolute atomic E-state index is 0.918. The quantitative estimate of drug-likeness (QED) is 0.181. The van der Waals surface area contributed by atoms with Crippen LogP contribution in [0.3, 0.4) is 0 Å². The van der Waals surface area contributed by atoms with Crippen LogP contribution in [0.4, 0.5) is 0 Å². The first-order valence-electron chi connectivity index (χ1n) is 12.0. The first-order valence-corrected chi connectivity index (χ1v) is 12.0. The predicted octanol–water partition coefficient (Wildman–Crippen LogP) is 9.74. The van der Waals surface area contributed by atoms with Crippen molar-refractivity contribution < 1.29 is 4.74 Å². The van der Waals surface area contributed by atoms with Gasteiger partial charge in [0, 0.05) is 10.9 Å². The second-order valence-electron chi connectivity index (χ2n) is 9.40. The molecule has 1 aliphatic rings. The Morgan fingerprint density at radius 3 is 2.03 bits per heavy atom. The molecule has 0 aromatic heterocycles. The van der Waals surface area contributed by atoms with E-state index in [1.807, 2.05) is 6.07 Å². The summed E-state index contributed by atoms with van der Waals surface area (Å²) < 4.78 is 6.42. The van der Waals surface area contributed by atoms with E-state index in [9.17, 15) is 0 Å². The molecule has 0 radical (unpaired) electrons. The van der Waals surface area contributed by atoms with E-state index in [0.29, 0.717) is 0 Å². The first-order chi connectivity index (χ1) is 17.3. The standard InChI is InChI=1S/C34H20O/c1-2-7-23-18-31-25(16-22(23)6-1)15-13-21-12-14-24(19-30(21)31)27-17-26-8-5-10-29-28-9-3-4-11-32(28)35-33(20-27)34(26)29/h1-20H. The van der Waals surface area contributed by atoms with Gasteiger partial charge in [0.05, 0.1) is 0 Å². The highest BCUT2D eigenvalue weighted by atomic mass is 16.5. The Labute approximate surface area is 202 Å². The third-order valence-electron chi connectivity index (χ3n) is 7.37. The maximum Gasteiger partial charge on any atom is 0.136 e. The Morgan fingerprint density at radius 2 is 1.09 bits per heavy atom. The molecular weight excluding hydrogens is 424 g/mol. The summed E-state index contributed by atoms with van der Waals surface area (Å²) in [6.45, 7) is 0. The Morgan fingerprint density at radius 1 is 0.371 bits per heavy atom. The van der Waals surface area contributed by atoms with Crippen LogP contribution in [-0.4, -0.2) is 0 Å². The summed E-state index contributed by atoms with van der Waals surface area (Å²) in [4.78, 5) is 0. The number of benzene rings is 7. The highest BCUT2D eigenvalue weighted by Gasteiger charge is 2.20. The van der Waals surface area contributed by atoms with Gasteiger partial charge < -0.3 is 4.74 Å². The average Bonchev–Trinajstić information content (AvgIpc) is 2.91. The number of ether oxygens (including phenoxy) is 1. The van der Waals surface area contributed by atoms with E-state index in [4.69, 9.17) is 4.74 Å². The van der Waals surface area contributed by atoms with Gasteiger partial charge in [-0.1, -0.05) is 84.9 Å².